The Morgan fingerprint density at radius 1 is 1.52 bits per heavy atom. The van der Waals surface area contributed by atoms with Crippen molar-refractivity contribution in [3.05, 3.63) is 33.3 Å². The molecule has 0 amide bonds. The van der Waals surface area contributed by atoms with Crippen LogP contribution in [0.15, 0.2) is 22.7 Å². The lowest BCUT2D eigenvalue weighted by Gasteiger charge is -2.38. The van der Waals surface area contributed by atoms with Crippen LogP contribution in [0.4, 0.5) is 0 Å². The van der Waals surface area contributed by atoms with E-state index in [1.165, 1.54) is 5.56 Å². The zero-order valence-corrected chi connectivity index (χ0v) is 14.9. The molecule has 0 radical (unpaired) electrons. The fourth-order valence-electron chi connectivity index (χ4n) is 2.91. The van der Waals surface area contributed by atoms with Crippen molar-refractivity contribution >= 4 is 27.5 Å². The van der Waals surface area contributed by atoms with E-state index in [2.05, 4.69) is 33.8 Å². The molecule has 1 saturated heterocycles. The van der Waals surface area contributed by atoms with E-state index in [4.69, 9.17) is 22.1 Å². The first kappa shape index (κ1) is 17.2. The monoisotopic (exact) mass is 374 g/mol. The summed E-state index contributed by atoms with van der Waals surface area (Å²) < 4.78 is 6.96. The molecule has 1 aliphatic rings. The van der Waals surface area contributed by atoms with Gasteiger partial charge in [0.2, 0.25) is 0 Å². The molecular weight excluding hydrogens is 352 g/mol. The van der Waals surface area contributed by atoms with Crippen molar-refractivity contribution in [3.63, 3.8) is 0 Å². The lowest BCUT2D eigenvalue weighted by atomic mass is 10.0. The third kappa shape index (κ3) is 4.67. The molecule has 1 aromatic carbocycles. The SMILES string of the molecule is CCCOC1CCCN(C(CN)c2ccc(Cl)cc2Br)C1. The van der Waals surface area contributed by atoms with Crippen LogP contribution in [0.5, 0.6) is 0 Å². The predicted molar refractivity (Wildman–Crippen MR) is 91.8 cm³/mol. The number of piperidine rings is 1. The summed E-state index contributed by atoms with van der Waals surface area (Å²) in [4.78, 5) is 2.44. The Kier molecular flexibility index (Phi) is 6.96. The molecule has 0 aromatic heterocycles. The third-order valence-corrected chi connectivity index (χ3v) is 4.87. The second kappa shape index (κ2) is 8.49. The molecule has 3 nitrogen and oxygen atoms in total. The van der Waals surface area contributed by atoms with Gasteiger partial charge in [0.25, 0.3) is 0 Å². The van der Waals surface area contributed by atoms with Crippen LogP contribution in [-0.4, -0.2) is 37.2 Å². The number of nitrogens with two attached hydrogens (primary N) is 1. The van der Waals surface area contributed by atoms with Gasteiger partial charge in [-0.2, -0.15) is 0 Å². The van der Waals surface area contributed by atoms with Crippen LogP contribution in [-0.2, 0) is 4.74 Å². The average molecular weight is 376 g/mol. The van der Waals surface area contributed by atoms with Crippen molar-refractivity contribution in [3.8, 4) is 0 Å². The van der Waals surface area contributed by atoms with Crippen molar-refractivity contribution in [2.45, 2.75) is 38.3 Å². The molecule has 0 bridgehead atoms. The Morgan fingerprint density at radius 2 is 2.33 bits per heavy atom. The van der Waals surface area contributed by atoms with E-state index in [-0.39, 0.29) is 6.04 Å². The Bertz CT molecular complexity index is 458. The number of rotatable bonds is 6. The zero-order valence-electron chi connectivity index (χ0n) is 12.5. The number of likely N-dealkylation sites (tertiary alicyclic amines) is 1. The first-order chi connectivity index (χ1) is 10.2. The van der Waals surface area contributed by atoms with Gasteiger partial charge in [0, 0.05) is 35.2 Å². The molecular formula is C16H24BrClN2O. The van der Waals surface area contributed by atoms with Gasteiger partial charge in [-0.15, -0.1) is 0 Å². The minimum absolute atomic E-state index is 0.213. The van der Waals surface area contributed by atoms with E-state index in [0.29, 0.717) is 12.6 Å². The van der Waals surface area contributed by atoms with Gasteiger partial charge in [0.15, 0.2) is 0 Å². The molecule has 1 aromatic rings. The highest BCUT2D eigenvalue weighted by molar-refractivity contribution is 9.10. The van der Waals surface area contributed by atoms with Gasteiger partial charge in [-0.25, -0.2) is 0 Å². The molecule has 0 spiro atoms. The van der Waals surface area contributed by atoms with Crippen molar-refractivity contribution < 1.29 is 4.74 Å². The second-order valence-electron chi connectivity index (χ2n) is 5.55. The molecule has 1 heterocycles. The largest absolute Gasteiger partial charge is 0.377 e. The van der Waals surface area contributed by atoms with Gasteiger partial charge >= 0.3 is 0 Å². The van der Waals surface area contributed by atoms with Crippen molar-refractivity contribution in [1.29, 1.82) is 0 Å². The van der Waals surface area contributed by atoms with Crippen LogP contribution in [0, 0.1) is 0 Å². The first-order valence-corrected chi connectivity index (χ1v) is 8.83. The van der Waals surface area contributed by atoms with E-state index in [1.807, 2.05) is 12.1 Å². The molecule has 2 unspecified atom stereocenters. The molecule has 2 rings (SSSR count). The standard InChI is InChI=1S/C16H24BrClN2O/c1-2-8-21-13-4-3-7-20(11-13)16(10-19)14-6-5-12(18)9-15(14)17/h5-6,9,13,16H,2-4,7-8,10-11,19H2,1H3. The Labute approximate surface area is 140 Å². The highest BCUT2D eigenvalue weighted by atomic mass is 79.9. The van der Waals surface area contributed by atoms with Crippen molar-refractivity contribution in [1.82, 2.24) is 4.90 Å². The van der Waals surface area contributed by atoms with E-state index in [1.54, 1.807) is 0 Å². The molecule has 1 fully saturated rings. The Balaban J connectivity index is 2.09. The van der Waals surface area contributed by atoms with Gasteiger partial charge in [0.1, 0.15) is 0 Å². The Hall–Kier alpha value is -0.130. The summed E-state index contributed by atoms with van der Waals surface area (Å²) in [7, 11) is 0. The lowest BCUT2D eigenvalue weighted by molar-refractivity contribution is -0.0119. The minimum atomic E-state index is 0.213. The van der Waals surface area contributed by atoms with E-state index in [0.717, 1.165) is 48.5 Å². The van der Waals surface area contributed by atoms with Crippen molar-refractivity contribution in [2.75, 3.05) is 26.2 Å². The van der Waals surface area contributed by atoms with Gasteiger partial charge in [0.05, 0.1) is 6.10 Å². The van der Waals surface area contributed by atoms with E-state index in [9.17, 15) is 0 Å². The average Bonchev–Trinajstić information content (AvgIpc) is 2.48. The maximum absolute atomic E-state index is 6.05. The summed E-state index contributed by atoms with van der Waals surface area (Å²) >= 11 is 9.65. The number of hydrogen-bond acceptors (Lipinski definition) is 3. The highest BCUT2D eigenvalue weighted by Gasteiger charge is 2.27. The number of nitrogens with zero attached hydrogens (tertiary/aromatic N) is 1. The summed E-state index contributed by atoms with van der Waals surface area (Å²) in [5.74, 6) is 0. The van der Waals surface area contributed by atoms with Crippen LogP contribution in [0.2, 0.25) is 5.02 Å². The number of benzene rings is 1. The second-order valence-corrected chi connectivity index (χ2v) is 6.84. The highest BCUT2D eigenvalue weighted by Crippen LogP contribution is 2.31. The maximum Gasteiger partial charge on any atom is 0.0702 e. The normalized spacial score (nSPS) is 21.4. The van der Waals surface area contributed by atoms with Crippen molar-refractivity contribution in [2.24, 2.45) is 5.73 Å². The fraction of sp³-hybridized carbons (Fsp3) is 0.625. The Morgan fingerprint density at radius 3 is 3.00 bits per heavy atom. The van der Waals surface area contributed by atoms with Gasteiger partial charge < -0.3 is 10.5 Å². The molecule has 2 N–H and O–H groups in total. The molecule has 0 saturated carbocycles. The van der Waals surface area contributed by atoms with Gasteiger partial charge in [-0.05, 0) is 43.5 Å². The smallest absolute Gasteiger partial charge is 0.0702 e. The van der Waals surface area contributed by atoms with Crippen LogP contribution < -0.4 is 5.73 Å². The van der Waals surface area contributed by atoms with Crippen LogP contribution >= 0.6 is 27.5 Å². The number of halogens is 2. The lowest BCUT2D eigenvalue weighted by Crippen LogP contribution is -2.44. The summed E-state index contributed by atoms with van der Waals surface area (Å²) in [6, 6.07) is 6.15. The van der Waals surface area contributed by atoms with Gasteiger partial charge in [-0.3, -0.25) is 4.90 Å². The summed E-state index contributed by atoms with van der Waals surface area (Å²) in [6.45, 7) is 5.62. The predicted octanol–water partition coefficient (Wildman–Crippen LogP) is 3.99. The molecule has 2 atom stereocenters. The first-order valence-electron chi connectivity index (χ1n) is 7.66. The topological polar surface area (TPSA) is 38.5 Å². The molecule has 1 aliphatic heterocycles. The number of ether oxygens (including phenoxy) is 1. The maximum atomic E-state index is 6.05. The quantitative estimate of drug-likeness (QED) is 0.817. The van der Waals surface area contributed by atoms with E-state index < -0.39 is 0 Å². The van der Waals surface area contributed by atoms with Gasteiger partial charge in [-0.1, -0.05) is 40.5 Å². The third-order valence-electron chi connectivity index (χ3n) is 3.95. The number of hydrogen-bond donors (Lipinski definition) is 1. The van der Waals surface area contributed by atoms with Crippen LogP contribution in [0.3, 0.4) is 0 Å². The van der Waals surface area contributed by atoms with Crippen LogP contribution in [0.25, 0.3) is 0 Å². The fourth-order valence-corrected chi connectivity index (χ4v) is 3.86. The van der Waals surface area contributed by atoms with E-state index >= 15 is 0 Å². The zero-order chi connectivity index (χ0) is 15.2. The minimum Gasteiger partial charge on any atom is -0.377 e. The van der Waals surface area contributed by atoms with Crippen LogP contribution in [0.1, 0.15) is 37.8 Å². The molecule has 0 aliphatic carbocycles. The molecule has 21 heavy (non-hydrogen) atoms. The summed E-state index contributed by atoms with van der Waals surface area (Å²) in [5, 5.41) is 0.740. The summed E-state index contributed by atoms with van der Waals surface area (Å²) in [5.41, 5.74) is 7.26. The molecule has 5 heteroatoms. The summed E-state index contributed by atoms with van der Waals surface area (Å²) in [6.07, 6.45) is 3.71. The molecule has 118 valence electrons.